The third-order valence-corrected chi connectivity index (χ3v) is 4.92. The lowest BCUT2D eigenvalue weighted by Crippen LogP contribution is -2.37. The first-order valence-electron chi connectivity index (χ1n) is 9.28. The number of hydrogen-bond donors (Lipinski definition) is 1. The summed E-state index contributed by atoms with van der Waals surface area (Å²) in [5.41, 5.74) is 0.599. The van der Waals surface area contributed by atoms with E-state index in [-0.39, 0.29) is 18.0 Å². The van der Waals surface area contributed by atoms with E-state index in [1.165, 1.54) is 10.7 Å². The number of nitrogens with zero attached hydrogens (tertiary/aromatic N) is 3. The molecule has 0 unspecified atom stereocenters. The number of anilines is 1. The molecule has 0 radical (unpaired) electrons. The Morgan fingerprint density at radius 3 is 2.70 bits per heavy atom. The molecular formula is C20H26N4O3. The van der Waals surface area contributed by atoms with Crippen molar-refractivity contribution in [3.8, 4) is 5.75 Å². The smallest absolute Gasteiger partial charge is 0.267 e. The first-order valence-corrected chi connectivity index (χ1v) is 9.28. The second-order valence-corrected chi connectivity index (χ2v) is 6.95. The van der Waals surface area contributed by atoms with Crippen molar-refractivity contribution in [1.82, 2.24) is 15.1 Å². The van der Waals surface area contributed by atoms with Gasteiger partial charge in [-0.15, -0.1) is 0 Å². The molecule has 0 bridgehead atoms. The molecule has 2 aromatic rings. The average Bonchev–Trinajstić information content (AvgIpc) is 2.69. The van der Waals surface area contributed by atoms with Gasteiger partial charge in [0.1, 0.15) is 18.1 Å². The molecule has 1 N–H and O–H groups in total. The summed E-state index contributed by atoms with van der Waals surface area (Å²) in [5, 5.41) is 7.22. The Hall–Kier alpha value is -2.83. The van der Waals surface area contributed by atoms with Crippen molar-refractivity contribution in [2.24, 2.45) is 5.92 Å². The molecule has 1 saturated heterocycles. The number of para-hydroxylation sites is 1. The zero-order valence-corrected chi connectivity index (χ0v) is 15.9. The third kappa shape index (κ3) is 4.87. The fraction of sp³-hybridized carbons (Fsp3) is 0.450. The van der Waals surface area contributed by atoms with E-state index in [1.54, 1.807) is 13.2 Å². The van der Waals surface area contributed by atoms with Gasteiger partial charge in [-0.25, -0.2) is 4.68 Å². The summed E-state index contributed by atoms with van der Waals surface area (Å²) in [6.07, 6.45) is 2.22. The van der Waals surface area contributed by atoms with Crippen LogP contribution in [0.1, 0.15) is 25.3 Å². The van der Waals surface area contributed by atoms with Crippen LogP contribution in [0.3, 0.4) is 0 Å². The van der Waals surface area contributed by atoms with Gasteiger partial charge < -0.3 is 15.0 Å². The summed E-state index contributed by atoms with van der Waals surface area (Å²) in [4.78, 5) is 26.6. The van der Waals surface area contributed by atoms with Gasteiger partial charge in [-0.2, -0.15) is 5.10 Å². The molecule has 0 atom stereocenters. The minimum Gasteiger partial charge on any atom is -0.496 e. The zero-order valence-electron chi connectivity index (χ0n) is 15.9. The summed E-state index contributed by atoms with van der Waals surface area (Å²) >= 11 is 0. The quantitative estimate of drug-likeness (QED) is 0.839. The molecule has 7 nitrogen and oxygen atoms in total. The topological polar surface area (TPSA) is 76.5 Å². The highest BCUT2D eigenvalue weighted by Crippen LogP contribution is 2.20. The van der Waals surface area contributed by atoms with Crippen LogP contribution in [-0.2, 0) is 17.9 Å². The first-order chi connectivity index (χ1) is 13.1. The number of piperidine rings is 1. The van der Waals surface area contributed by atoms with Gasteiger partial charge in [0.2, 0.25) is 5.91 Å². The Balaban J connectivity index is 1.63. The number of aromatic nitrogens is 2. The molecule has 0 aliphatic carbocycles. The number of benzene rings is 1. The van der Waals surface area contributed by atoms with E-state index < -0.39 is 0 Å². The number of methoxy groups -OCH3 is 1. The van der Waals surface area contributed by atoms with Crippen LogP contribution in [0.15, 0.2) is 41.2 Å². The number of nitrogens with one attached hydrogen (secondary N) is 1. The Morgan fingerprint density at radius 1 is 1.22 bits per heavy atom. The van der Waals surface area contributed by atoms with E-state index in [1.807, 2.05) is 24.3 Å². The number of carbonyl (C=O) groups excluding carboxylic acids is 1. The largest absolute Gasteiger partial charge is 0.496 e. The van der Waals surface area contributed by atoms with Crippen molar-refractivity contribution in [3.05, 3.63) is 52.3 Å². The second kappa shape index (κ2) is 8.70. The number of rotatable bonds is 6. The van der Waals surface area contributed by atoms with Crippen molar-refractivity contribution < 1.29 is 9.53 Å². The van der Waals surface area contributed by atoms with Crippen LogP contribution in [0.4, 0.5) is 5.82 Å². The predicted octanol–water partition coefficient (Wildman–Crippen LogP) is 1.80. The predicted molar refractivity (Wildman–Crippen MR) is 104 cm³/mol. The SMILES string of the molecule is COc1ccccc1CNC(=O)Cn1nc(N2CCC(C)CC2)ccc1=O. The Bertz CT molecular complexity index is 841. The van der Waals surface area contributed by atoms with Gasteiger partial charge in [0.25, 0.3) is 5.56 Å². The van der Waals surface area contributed by atoms with Crippen LogP contribution in [0.25, 0.3) is 0 Å². The maximum atomic E-state index is 12.3. The van der Waals surface area contributed by atoms with Gasteiger partial charge in [0, 0.05) is 31.3 Å². The maximum Gasteiger partial charge on any atom is 0.267 e. The Kier molecular flexibility index (Phi) is 6.11. The summed E-state index contributed by atoms with van der Waals surface area (Å²) in [7, 11) is 1.59. The van der Waals surface area contributed by atoms with Gasteiger partial charge in [-0.05, 0) is 30.9 Å². The molecule has 7 heteroatoms. The van der Waals surface area contributed by atoms with Crippen LogP contribution in [0, 0.1) is 5.92 Å². The van der Waals surface area contributed by atoms with Crippen molar-refractivity contribution in [2.45, 2.75) is 32.9 Å². The van der Waals surface area contributed by atoms with Gasteiger partial charge in [0.05, 0.1) is 7.11 Å². The van der Waals surface area contributed by atoms with Gasteiger partial charge in [-0.3, -0.25) is 9.59 Å². The standard InChI is InChI=1S/C20H26N4O3/c1-15-9-11-23(12-10-15)18-7-8-20(26)24(22-18)14-19(25)21-13-16-5-3-4-6-17(16)27-2/h3-8,15H,9-14H2,1-2H3,(H,21,25). The van der Waals surface area contributed by atoms with E-state index >= 15 is 0 Å². The molecule has 1 amide bonds. The number of ether oxygens (including phenoxy) is 1. The number of amides is 1. The minimum atomic E-state index is -0.281. The third-order valence-electron chi connectivity index (χ3n) is 4.92. The fourth-order valence-electron chi connectivity index (χ4n) is 3.19. The summed E-state index contributed by atoms with van der Waals surface area (Å²) < 4.78 is 6.51. The van der Waals surface area contributed by atoms with Crippen LogP contribution >= 0.6 is 0 Å². The normalized spacial score (nSPS) is 14.8. The Morgan fingerprint density at radius 2 is 1.96 bits per heavy atom. The van der Waals surface area contributed by atoms with E-state index in [2.05, 4.69) is 22.2 Å². The highest BCUT2D eigenvalue weighted by atomic mass is 16.5. The van der Waals surface area contributed by atoms with E-state index in [0.717, 1.165) is 43.1 Å². The molecule has 144 valence electrons. The lowest BCUT2D eigenvalue weighted by Gasteiger charge is -2.31. The summed E-state index contributed by atoms with van der Waals surface area (Å²) in [6, 6.07) is 10.7. The maximum absolute atomic E-state index is 12.3. The molecule has 27 heavy (non-hydrogen) atoms. The highest BCUT2D eigenvalue weighted by molar-refractivity contribution is 5.75. The Labute approximate surface area is 158 Å². The molecule has 1 fully saturated rings. The summed E-state index contributed by atoms with van der Waals surface area (Å²) in [5.74, 6) is 1.92. The van der Waals surface area contributed by atoms with Gasteiger partial charge in [-0.1, -0.05) is 25.1 Å². The lowest BCUT2D eigenvalue weighted by atomic mass is 9.99. The van der Waals surface area contributed by atoms with Crippen molar-refractivity contribution in [3.63, 3.8) is 0 Å². The molecule has 1 aliphatic rings. The molecule has 1 aromatic carbocycles. The number of carbonyl (C=O) groups is 1. The molecule has 1 aliphatic heterocycles. The molecule has 3 rings (SSSR count). The van der Waals surface area contributed by atoms with E-state index in [9.17, 15) is 9.59 Å². The van der Waals surface area contributed by atoms with Crippen molar-refractivity contribution >= 4 is 11.7 Å². The average molecular weight is 370 g/mol. The monoisotopic (exact) mass is 370 g/mol. The molecular weight excluding hydrogens is 344 g/mol. The van der Waals surface area contributed by atoms with Crippen LogP contribution in [0.5, 0.6) is 5.75 Å². The molecule has 2 heterocycles. The fourth-order valence-corrected chi connectivity index (χ4v) is 3.19. The zero-order chi connectivity index (χ0) is 19.2. The molecule has 1 aromatic heterocycles. The van der Waals surface area contributed by atoms with Crippen molar-refractivity contribution in [1.29, 1.82) is 0 Å². The van der Waals surface area contributed by atoms with E-state index in [4.69, 9.17) is 4.74 Å². The lowest BCUT2D eigenvalue weighted by molar-refractivity contribution is -0.122. The van der Waals surface area contributed by atoms with Crippen LogP contribution in [0.2, 0.25) is 0 Å². The van der Waals surface area contributed by atoms with Crippen LogP contribution in [-0.4, -0.2) is 35.9 Å². The van der Waals surface area contributed by atoms with Gasteiger partial charge in [0.15, 0.2) is 0 Å². The molecule has 0 saturated carbocycles. The highest BCUT2D eigenvalue weighted by Gasteiger charge is 2.18. The number of hydrogen-bond acceptors (Lipinski definition) is 5. The minimum absolute atomic E-state index is 0.105. The second-order valence-electron chi connectivity index (χ2n) is 6.95. The van der Waals surface area contributed by atoms with Crippen molar-refractivity contribution in [2.75, 3.05) is 25.1 Å². The van der Waals surface area contributed by atoms with Gasteiger partial charge >= 0.3 is 0 Å². The first kappa shape index (κ1) is 18.9. The van der Waals surface area contributed by atoms with Crippen LogP contribution < -0.4 is 20.5 Å². The summed E-state index contributed by atoms with van der Waals surface area (Å²) in [6.45, 7) is 4.32. The van der Waals surface area contributed by atoms with E-state index in [0.29, 0.717) is 12.5 Å². The molecule has 0 spiro atoms.